The maximum absolute atomic E-state index is 5.86. The highest BCUT2D eigenvalue weighted by Crippen LogP contribution is 2.24. The molecule has 0 spiro atoms. The van der Waals surface area contributed by atoms with Crippen molar-refractivity contribution in [2.24, 2.45) is 0 Å². The third-order valence-electron chi connectivity index (χ3n) is 3.84. The van der Waals surface area contributed by atoms with E-state index in [-0.39, 0.29) is 5.95 Å². The van der Waals surface area contributed by atoms with E-state index in [9.17, 15) is 0 Å². The van der Waals surface area contributed by atoms with Crippen LogP contribution in [-0.2, 0) is 6.42 Å². The molecule has 5 heteroatoms. The van der Waals surface area contributed by atoms with E-state index >= 15 is 0 Å². The summed E-state index contributed by atoms with van der Waals surface area (Å²) >= 11 is 0. The minimum absolute atomic E-state index is 0.261. The molecule has 0 aliphatic heterocycles. The van der Waals surface area contributed by atoms with Crippen molar-refractivity contribution in [3.63, 3.8) is 0 Å². The number of furan rings is 1. The molecule has 5 nitrogen and oxygen atoms in total. The molecule has 4 aromatic rings. The number of benzene rings is 1. The van der Waals surface area contributed by atoms with E-state index in [0.717, 1.165) is 39.5 Å². The largest absolute Gasteiger partial charge is 0.460 e. The molecule has 0 amide bonds. The number of nitrogen functional groups attached to an aromatic ring is 1. The fourth-order valence-corrected chi connectivity index (χ4v) is 2.72. The quantitative estimate of drug-likeness (QED) is 0.622. The van der Waals surface area contributed by atoms with Gasteiger partial charge in [0.05, 0.1) is 11.2 Å². The maximum atomic E-state index is 5.86. The molecular formula is C19H16N4O. The summed E-state index contributed by atoms with van der Waals surface area (Å²) in [5.74, 6) is 1.85. The molecule has 2 N–H and O–H groups in total. The number of nitrogens with two attached hydrogens (primary N) is 1. The van der Waals surface area contributed by atoms with Crippen LogP contribution < -0.4 is 5.73 Å². The van der Waals surface area contributed by atoms with Gasteiger partial charge in [-0.3, -0.25) is 0 Å². The van der Waals surface area contributed by atoms with Crippen LogP contribution in [0, 0.1) is 6.92 Å². The van der Waals surface area contributed by atoms with Crippen molar-refractivity contribution in [2.75, 3.05) is 5.73 Å². The fourth-order valence-electron chi connectivity index (χ4n) is 2.72. The molecule has 4 rings (SSSR count). The molecule has 0 aliphatic rings. The van der Waals surface area contributed by atoms with Crippen molar-refractivity contribution in [3.05, 3.63) is 71.6 Å². The summed E-state index contributed by atoms with van der Waals surface area (Å²) < 4.78 is 5.67. The predicted molar refractivity (Wildman–Crippen MR) is 93.4 cm³/mol. The standard InChI is InChI=1S/C19H16N4O/c1-12-7-10-17(24-12)14-8-9-15-18(21-14)16(23-19(20)22-15)11-13-5-3-2-4-6-13/h2-10H,11H2,1H3,(H2,20,22,23). The Bertz CT molecular complexity index is 1010. The SMILES string of the molecule is Cc1ccc(-c2ccc3nc(N)nc(Cc4ccccc4)c3n2)o1. The zero-order valence-corrected chi connectivity index (χ0v) is 13.2. The summed E-state index contributed by atoms with van der Waals surface area (Å²) in [7, 11) is 0. The van der Waals surface area contributed by atoms with Gasteiger partial charge in [0, 0.05) is 6.42 Å². The number of fused-ring (bicyclic) bond motifs is 1. The lowest BCUT2D eigenvalue weighted by molar-refractivity contribution is 0.546. The van der Waals surface area contributed by atoms with Gasteiger partial charge < -0.3 is 10.2 Å². The van der Waals surface area contributed by atoms with Crippen LogP contribution in [0.2, 0.25) is 0 Å². The van der Waals surface area contributed by atoms with Crippen molar-refractivity contribution in [1.29, 1.82) is 0 Å². The van der Waals surface area contributed by atoms with Crippen molar-refractivity contribution >= 4 is 17.0 Å². The monoisotopic (exact) mass is 316 g/mol. The first kappa shape index (κ1) is 14.4. The molecular weight excluding hydrogens is 300 g/mol. The highest BCUT2D eigenvalue weighted by molar-refractivity contribution is 5.80. The zero-order chi connectivity index (χ0) is 16.5. The lowest BCUT2D eigenvalue weighted by atomic mass is 10.1. The Labute approximate surface area is 139 Å². The van der Waals surface area contributed by atoms with Crippen LogP contribution in [-0.4, -0.2) is 15.0 Å². The second-order valence-corrected chi connectivity index (χ2v) is 5.67. The molecule has 24 heavy (non-hydrogen) atoms. The van der Waals surface area contributed by atoms with Crippen LogP contribution >= 0.6 is 0 Å². The second-order valence-electron chi connectivity index (χ2n) is 5.67. The number of nitrogens with zero attached hydrogens (tertiary/aromatic N) is 3. The Kier molecular flexibility index (Phi) is 3.46. The average Bonchev–Trinajstić information content (AvgIpc) is 3.02. The Morgan fingerprint density at radius 1 is 0.917 bits per heavy atom. The Morgan fingerprint density at radius 2 is 1.75 bits per heavy atom. The summed E-state index contributed by atoms with van der Waals surface area (Å²) in [5.41, 5.74) is 10.1. The van der Waals surface area contributed by atoms with E-state index in [4.69, 9.17) is 15.1 Å². The molecule has 0 atom stereocenters. The number of pyridine rings is 1. The normalized spacial score (nSPS) is 11.0. The van der Waals surface area contributed by atoms with Crippen molar-refractivity contribution in [1.82, 2.24) is 15.0 Å². The predicted octanol–water partition coefficient (Wildman–Crippen LogP) is 3.77. The minimum Gasteiger partial charge on any atom is -0.460 e. The second kappa shape index (κ2) is 5.77. The highest BCUT2D eigenvalue weighted by atomic mass is 16.3. The van der Waals surface area contributed by atoms with Crippen molar-refractivity contribution < 1.29 is 4.42 Å². The Balaban J connectivity index is 1.85. The highest BCUT2D eigenvalue weighted by Gasteiger charge is 2.12. The lowest BCUT2D eigenvalue weighted by Gasteiger charge is -2.07. The van der Waals surface area contributed by atoms with Crippen LogP contribution in [0.15, 0.2) is 59.0 Å². The molecule has 0 saturated heterocycles. The molecule has 118 valence electrons. The van der Waals surface area contributed by atoms with Gasteiger partial charge in [0.15, 0.2) is 5.76 Å². The number of hydrogen-bond acceptors (Lipinski definition) is 5. The van der Waals surface area contributed by atoms with Crippen LogP contribution in [0.1, 0.15) is 17.0 Å². The van der Waals surface area contributed by atoms with Crippen molar-refractivity contribution in [2.45, 2.75) is 13.3 Å². The molecule has 0 aliphatic carbocycles. The van der Waals surface area contributed by atoms with Gasteiger partial charge in [0.1, 0.15) is 17.0 Å². The van der Waals surface area contributed by atoms with Crippen LogP contribution in [0.4, 0.5) is 5.95 Å². The van der Waals surface area contributed by atoms with E-state index in [1.807, 2.05) is 49.4 Å². The number of aryl methyl sites for hydroxylation is 1. The Hall–Kier alpha value is -3.21. The van der Waals surface area contributed by atoms with E-state index in [0.29, 0.717) is 6.42 Å². The molecule has 0 bridgehead atoms. The molecule has 1 aromatic carbocycles. The number of hydrogen-bond donors (Lipinski definition) is 1. The summed E-state index contributed by atoms with van der Waals surface area (Å²) in [4.78, 5) is 13.4. The van der Waals surface area contributed by atoms with Gasteiger partial charge in [0.25, 0.3) is 0 Å². The topological polar surface area (TPSA) is 77.8 Å². The van der Waals surface area contributed by atoms with E-state index in [2.05, 4.69) is 22.1 Å². The molecule has 0 unspecified atom stereocenters. The van der Waals surface area contributed by atoms with Gasteiger partial charge >= 0.3 is 0 Å². The summed E-state index contributed by atoms with van der Waals surface area (Å²) in [6, 6.07) is 17.8. The first-order valence-electron chi connectivity index (χ1n) is 7.73. The minimum atomic E-state index is 0.261. The maximum Gasteiger partial charge on any atom is 0.220 e. The van der Waals surface area contributed by atoms with Crippen molar-refractivity contribution in [3.8, 4) is 11.5 Å². The molecule has 0 fully saturated rings. The molecule has 3 heterocycles. The number of aromatic nitrogens is 3. The number of anilines is 1. The summed E-state index contributed by atoms with van der Waals surface area (Å²) in [6.45, 7) is 1.91. The molecule has 0 radical (unpaired) electrons. The van der Waals surface area contributed by atoms with E-state index < -0.39 is 0 Å². The number of rotatable bonds is 3. The Morgan fingerprint density at radius 3 is 2.50 bits per heavy atom. The van der Waals surface area contributed by atoms with Gasteiger partial charge in [-0.25, -0.2) is 15.0 Å². The fraction of sp³-hybridized carbons (Fsp3) is 0.105. The zero-order valence-electron chi connectivity index (χ0n) is 13.2. The lowest BCUT2D eigenvalue weighted by Crippen LogP contribution is -2.03. The van der Waals surface area contributed by atoms with Gasteiger partial charge in [-0.05, 0) is 36.8 Å². The van der Waals surface area contributed by atoms with Crippen LogP contribution in [0.3, 0.4) is 0 Å². The first-order valence-corrected chi connectivity index (χ1v) is 7.73. The van der Waals surface area contributed by atoms with E-state index in [1.54, 1.807) is 0 Å². The first-order chi connectivity index (χ1) is 11.7. The molecule has 3 aromatic heterocycles. The molecule has 0 saturated carbocycles. The van der Waals surface area contributed by atoms with Gasteiger partial charge in [-0.1, -0.05) is 30.3 Å². The third-order valence-corrected chi connectivity index (χ3v) is 3.84. The van der Waals surface area contributed by atoms with Gasteiger partial charge in [-0.2, -0.15) is 0 Å². The van der Waals surface area contributed by atoms with E-state index in [1.165, 1.54) is 0 Å². The van der Waals surface area contributed by atoms with Gasteiger partial charge in [-0.15, -0.1) is 0 Å². The summed E-state index contributed by atoms with van der Waals surface area (Å²) in [6.07, 6.45) is 0.650. The van der Waals surface area contributed by atoms with Crippen LogP contribution in [0.25, 0.3) is 22.5 Å². The van der Waals surface area contributed by atoms with Crippen LogP contribution in [0.5, 0.6) is 0 Å². The summed E-state index contributed by atoms with van der Waals surface area (Å²) in [5, 5.41) is 0. The third kappa shape index (κ3) is 2.72. The van der Waals surface area contributed by atoms with Gasteiger partial charge in [0.2, 0.25) is 5.95 Å². The smallest absolute Gasteiger partial charge is 0.220 e. The average molecular weight is 316 g/mol.